The largest absolute Gasteiger partial charge is 0.330 e. The molecule has 0 saturated carbocycles. The smallest absolute Gasteiger partial charge is 0.0849 e. The average molecular weight is 244 g/mol. The highest BCUT2D eigenvalue weighted by Crippen LogP contribution is 2.24. The van der Waals surface area contributed by atoms with Crippen LogP contribution in [0.25, 0.3) is 0 Å². The lowest BCUT2D eigenvalue weighted by Crippen LogP contribution is -2.18. The first-order valence-electron chi connectivity index (χ1n) is 6.11. The van der Waals surface area contributed by atoms with Gasteiger partial charge in [0.1, 0.15) is 0 Å². The van der Waals surface area contributed by atoms with Gasteiger partial charge in [0.2, 0.25) is 0 Å². The zero-order valence-corrected chi connectivity index (χ0v) is 11.2. The van der Waals surface area contributed by atoms with Crippen molar-refractivity contribution < 1.29 is 0 Å². The van der Waals surface area contributed by atoms with Gasteiger partial charge < -0.3 is 5.73 Å². The van der Waals surface area contributed by atoms with Crippen molar-refractivity contribution >= 4 is 11.6 Å². The van der Waals surface area contributed by atoms with E-state index in [2.05, 4.69) is 25.9 Å². The summed E-state index contributed by atoms with van der Waals surface area (Å²) in [4.78, 5) is 0. The van der Waals surface area contributed by atoms with Crippen LogP contribution in [0.3, 0.4) is 0 Å². The molecule has 1 aromatic rings. The first-order valence-corrected chi connectivity index (χ1v) is 6.49. The molecule has 0 bridgehead atoms. The summed E-state index contributed by atoms with van der Waals surface area (Å²) in [6.07, 6.45) is 2.91. The van der Waals surface area contributed by atoms with Gasteiger partial charge in [0.05, 0.1) is 16.4 Å². The first-order chi connectivity index (χ1) is 7.67. The molecule has 0 fully saturated rings. The van der Waals surface area contributed by atoms with Crippen LogP contribution < -0.4 is 5.73 Å². The summed E-state index contributed by atoms with van der Waals surface area (Å²) in [7, 11) is 0. The van der Waals surface area contributed by atoms with E-state index in [9.17, 15) is 0 Å². The van der Waals surface area contributed by atoms with Crippen LogP contribution in [-0.2, 0) is 19.4 Å². The third-order valence-corrected chi connectivity index (χ3v) is 3.52. The van der Waals surface area contributed by atoms with Crippen LogP contribution in [-0.4, -0.2) is 16.3 Å². The topological polar surface area (TPSA) is 43.8 Å². The predicted molar refractivity (Wildman–Crippen MR) is 68.8 cm³/mol. The lowest BCUT2D eigenvalue weighted by molar-refractivity contribution is 0.488. The van der Waals surface area contributed by atoms with Gasteiger partial charge in [-0.15, -0.1) is 0 Å². The molecule has 0 aliphatic rings. The van der Waals surface area contributed by atoms with Crippen molar-refractivity contribution in [3.05, 3.63) is 16.4 Å². The van der Waals surface area contributed by atoms with Gasteiger partial charge in [-0.3, -0.25) is 4.68 Å². The number of aromatic nitrogens is 2. The molecule has 1 unspecified atom stereocenters. The molecular weight excluding hydrogens is 222 g/mol. The zero-order chi connectivity index (χ0) is 12.1. The number of rotatable bonds is 6. The molecule has 0 amide bonds. The molecule has 1 rings (SSSR count). The third kappa shape index (κ3) is 2.77. The highest BCUT2D eigenvalue weighted by molar-refractivity contribution is 6.31. The fourth-order valence-corrected chi connectivity index (χ4v) is 2.23. The van der Waals surface area contributed by atoms with Gasteiger partial charge in [0.25, 0.3) is 0 Å². The first kappa shape index (κ1) is 13.5. The van der Waals surface area contributed by atoms with Crippen LogP contribution in [0.2, 0.25) is 5.02 Å². The molecule has 0 spiro atoms. The standard InChI is InChI=1S/C12H22ClN3/c1-4-9(8-14)7-11-12(13)10(5-2)15-16(11)6-3/h9H,4-8,14H2,1-3H3. The number of hydrogen-bond donors (Lipinski definition) is 1. The summed E-state index contributed by atoms with van der Waals surface area (Å²) in [6, 6.07) is 0. The van der Waals surface area contributed by atoms with Crippen molar-refractivity contribution in [3.8, 4) is 0 Å². The maximum atomic E-state index is 6.34. The van der Waals surface area contributed by atoms with Crippen LogP contribution in [0.5, 0.6) is 0 Å². The minimum absolute atomic E-state index is 0.504. The second-order valence-electron chi connectivity index (χ2n) is 4.09. The minimum atomic E-state index is 0.504. The molecule has 0 aliphatic carbocycles. The molecule has 16 heavy (non-hydrogen) atoms. The highest BCUT2D eigenvalue weighted by Gasteiger charge is 2.17. The lowest BCUT2D eigenvalue weighted by atomic mass is 10.0. The predicted octanol–water partition coefficient (Wildman–Crippen LogP) is 2.65. The van der Waals surface area contributed by atoms with E-state index in [-0.39, 0.29) is 0 Å². The zero-order valence-electron chi connectivity index (χ0n) is 10.5. The summed E-state index contributed by atoms with van der Waals surface area (Å²) in [5.41, 5.74) is 7.90. The van der Waals surface area contributed by atoms with E-state index in [1.54, 1.807) is 0 Å². The van der Waals surface area contributed by atoms with Gasteiger partial charge in [-0.2, -0.15) is 5.10 Å². The third-order valence-electron chi connectivity index (χ3n) is 3.09. The van der Waals surface area contributed by atoms with E-state index in [1.807, 2.05) is 4.68 Å². The Hall–Kier alpha value is -0.540. The average Bonchev–Trinajstić information content (AvgIpc) is 2.62. The molecule has 0 radical (unpaired) electrons. The molecule has 92 valence electrons. The van der Waals surface area contributed by atoms with E-state index in [1.165, 1.54) is 0 Å². The summed E-state index contributed by atoms with van der Waals surface area (Å²) >= 11 is 6.34. The summed E-state index contributed by atoms with van der Waals surface area (Å²) in [5, 5.41) is 5.36. The molecule has 1 aromatic heterocycles. The monoisotopic (exact) mass is 243 g/mol. The number of nitrogens with two attached hydrogens (primary N) is 1. The van der Waals surface area contributed by atoms with E-state index >= 15 is 0 Å². The maximum Gasteiger partial charge on any atom is 0.0849 e. The summed E-state index contributed by atoms with van der Waals surface area (Å²) in [6.45, 7) is 7.92. The van der Waals surface area contributed by atoms with Gasteiger partial charge in [-0.05, 0) is 32.2 Å². The fourth-order valence-electron chi connectivity index (χ4n) is 1.88. The van der Waals surface area contributed by atoms with E-state index in [0.717, 1.165) is 42.2 Å². The summed E-state index contributed by atoms with van der Waals surface area (Å²) < 4.78 is 2.01. The Morgan fingerprint density at radius 3 is 2.50 bits per heavy atom. The number of nitrogens with zero attached hydrogens (tertiary/aromatic N) is 2. The molecule has 2 N–H and O–H groups in total. The Labute approximate surface area is 103 Å². The van der Waals surface area contributed by atoms with E-state index in [0.29, 0.717) is 12.5 Å². The Morgan fingerprint density at radius 2 is 2.06 bits per heavy atom. The van der Waals surface area contributed by atoms with Crippen molar-refractivity contribution in [1.29, 1.82) is 0 Å². The molecule has 3 nitrogen and oxygen atoms in total. The Bertz CT molecular complexity index is 329. The number of halogens is 1. The second kappa shape index (κ2) is 6.26. The molecule has 0 aromatic carbocycles. The summed E-state index contributed by atoms with van der Waals surface area (Å²) in [5.74, 6) is 0.504. The van der Waals surface area contributed by atoms with Crippen molar-refractivity contribution in [3.63, 3.8) is 0 Å². The number of hydrogen-bond acceptors (Lipinski definition) is 2. The molecule has 1 atom stereocenters. The molecule has 0 saturated heterocycles. The van der Waals surface area contributed by atoms with Crippen LogP contribution in [0.4, 0.5) is 0 Å². The van der Waals surface area contributed by atoms with Crippen LogP contribution in [0.15, 0.2) is 0 Å². The normalized spacial score (nSPS) is 13.1. The maximum absolute atomic E-state index is 6.34. The molecule has 4 heteroatoms. The second-order valence-corrected chi connectivity index (χ2v) is 4.47. The highest BCUT2D eigenvalue weighted by atomic mass is 35.5. The van der Waals surface area contributed by atoms with Crippen molar-refractivity contribution in [2.75, 3.05) is 6.54 Å². The van der Waals surface area contributed by atoms with Gasteiger partial charge in [0.15, 0.2) is 0 Å². The van der Waals surface area contributed by atoms with Crippen LogP contribution in [0.1, 0.15) is 38.6 Å². The van der Waals surface area contributed by atoms with Crippen molar-refractivity contribution in [1.82, 2.24) is 9.78 Å². The van der Waals surface area contributed by atoms with Gasteiger partial charge in [0, 0.05) is 6.54 Å². The molecule has 1 heterocycles. The molecular formula is C12H22ClN3. The van der Waals surface area contributed by atoms with E-state index < -0.39 is 0 Å². The van der Waals surface area contributed by atoms with E-state index in [4.69, 9.17) is 17.3 Å². The Morgan fingerprint density at radius 1 is 1.38 bits per heavy atom. The minimum Gasteiger partial charge on any atom is -0.330 e. The van der Waals surface area contributed by atoms with Gasteiger partial charge in [-0.1, -0.05) is 31.9 Å². The Balaban J connectivity index is 2.96. The Kier molecular flexibility index (Phi) is 5.29. The number of aryl methyl sites for hydroxylation is 2. The lowest BCUT2D eigenvalue weighted by Gasteiger charge is -2.13. The quantitative estimate of drug-likeness (QED) is 0.835. The van der Waals surface area contributed by atoms with Crippen LogP contribution in [0, 0.1) is 5.92 Å². The van der Waals surface area contributed by atoms with Crippen molar-refractivity contribution in [2.45, 2.75) is 46.6 Å². The SMILES string of the molecule is CCc1nn(CC)c(CC(CC)CN)c1Cl. The van der Waals surface area contributed by atoms with Gasteiger partial charge >= 0.3 is 0 Å². The van der Waals surface area contributed by atoms with Crippen molar-refractivity contribution in [2.24, 2.45) is 11.7 Å². The van der Waals surface area contributed by atoms with Crippen LogP contribution >= 0.6 is 11.6 Å². The molecule has 0 aliphatic heterocycles. The fraction of sp³-hybridized carbons (Fsp3) is 0.750. The van der Waals surface area contributed by atoms with Gasteiger partial charge in [-0.25, -0.2) is 0 Å².